The first-order valence-electron chi connectivity index (χ1n) is 10.2. The van der Waals surface area contributed by atoms with Crippen molar-refractivity contribution in [3.05, 3.63) is 92.3 Å². The molecule has 4 rings (SSSR count). The van der Waals surface area contributed by atoms with Crippen molar-refractivity contribution in [2.45, 2.75) is 19.8 Å². The molecule has 2 N–H and O–H groups in total. The van der Waals surface area contributed by atoms with E-state index < -0.39 is 17.4 Å². The summed E-state index contributed by atoms with van der Waals surface area (Å²) in [5.41, 5.74) is 1.96. The van der Waals surface area contributed by atoms with Gasteiger partial charge in [0.2, 0.25) is 5.82 Å². The number of carboxylic acids is 1. The zero-order chi connectivity index (χ0) is 24.1. The Bertz CT molecular complexity index is 1400. The summed E-state index contributed by atoms with van der Waals surface area (Å²) in [6.07, 6.45) is 0. The van der Waals surface area contributed by atoms with Gasteiger partial charge in [-0.2, -0.15) is 0 Å². The van der Waals surface area contributed by atoms with E-state index in [0.717, 1.165) is 11.1 Å². The third-order valence-corrected chi connectivity index (χ3v) is 5.96. The van der Waals surface area contributed by atoms with Gasteiger partial charge in [0.05, 0.1) is 31.7 Å². The zero-order valence-electron chi connectivity index (χ0n) is 19.1. The van der Waals surface area contributed by atoms with Crippen LogP contribution in [0.2, 0.25) is 0 Å². The van der Waals surface area contributed by atoms with Gasteiger partial charge in [0.15, 0.2) is 0 Å². The van der Waals surface area contributed by atoms with Crippen molar-refractivity contribution in [2.24, 2.45) is 0 Å². The van der Waals surface area contributed by atoms with Crippen LogP contribution in [0.3, 0.4) is 0 Å². The Morgan fingerprint density at radius 1 is 1.11 bits per heavy atom. The Kier molecular flexibility index (Phi) is 9.19. The smallest absolute Gasteiger partial charge is 0.545 e. The van der Waals surface area contributed by atoms with Gasteiger partial charge in [-0.3, -0.25) is 9.59 Å². The molecule has 0 aliphatic carbocycles. The van der Waals surface area contributed by atoms with Crippen LogP contribution >= 0.6 is 11.3 Å². The molecule has 0 spiro atoms. The summed E-state index contributed by atoms with van der Waals surface area (Å²) in [5, 5.41) is 15.7. The monoisotopic (exact) mass is 501 g/mol. The third kappa shape index (κ3) is 6.56. The van der Waals surface area contributed by atoms with Gasteiger partial charge in [0, 0.05) is 12.1 Å². The Balaban J connectivity index is 0.00000342. The number of benzene rings is 2. The molecule has 0 aliphatic rings. The number of carbonyl (C=O) groups is 2. The van der Waals surface area contributed by atoms with Crippen molar-refractivity contribution in [3.63, 3.8) is 0 Å². The fourth-order valence-corrected chi connectivity index (χ4v) is 4.21. The normalized spacial score (nSPS) is 10.5. The summed E-state index contributed by atoms with van der Waals surface area (Å²) in [4.78, 5) is 43.3. The number of thiophene rings is 1. The number of aromatic carboxylic acids is 1. The van der Waals surface area contributed by atoms with Crippen LogP contribution in [-0.2, 0) is 24.5 Å². The number of carboxylic acid groups (broad SMARTS) is 1. The summed E-state index contributed by atoms with van der Waals surface area (Å²) in [5.74, 6) is -1.12. The van der Waals surface area contributed by atoms with Crippen LogP contribution in [0.1, 0.15) is 37.7 Å². The molecule has 35 heavy (non-hydrogen) atoms. The van der Waals surface area contributed by atoms with E-state index in [0.29, 0.717) is 21.5 Å². The average molecular weight is 501 g/mol. The Labute approximate surface area is 226 Å². The van der Waals surface area contributed by atoms with Crippen molar-refractivity contribution in [2.75, 3.05) is 7.11 Å². The number of rotatable bonds is 9. The summed E-state index contributed by atoms with van der Waals surface area (Å²) in [6, 6.07) is 13.5. The largest absolute Gasteiger partial charge is 1.00 e. The number of nitrogens with one attached hydrogen (secondary N) is 2. The van der Waals surface area contributed by atoms with Crippen LogP contribution in [0.25, 0.3) is 10.2 Å². The third-order valence-electron chi connectivity index (χ3n) is 5.04. The van der Waals surface area contributed by atoms with Crippen LogP contribution < -0.4 is 50.3 Å². The molecule has 0 saturated carbocycles. The Morgan fingerprint density at radius 2 is 1.89 bits per heavy atom. The van der Waals surface area contributed by atoms with E-state index in [1.54, 1.807) is 24.6 Å². The number of amides is 1. The molecule has 0 bridgehead atoms. The van der Waals surface area contributed by atoms with Crippen LogP contribution in [0.15, 0.2) is 58.7 Å². The molecule has 0 fully saturated rings. The van der Waals surface area contributed by atoms with E-state index in [2.05, 4.69) is 15.3 Å². The minimum absolute atomic E-state index is 0. The van der Waals surface area contributed by atoms with Crippen molar-refractivity contribution in [1.82, 2.24) is 15.3 Å². The van der Waals surface area contributed by atoms with Gasteiger partial charge in [-0.25, -0.2) is 4.98 Å². The van der Waals surface area contributed by atoms with Crippen LogP contribution in [0, 0.1) is 0 Å². The molecule has 1 amide bonds. The number of nitrogens with zero attached hydrogens (tertiary/aromatic N) is 1. The van der Waals surface area contributed by atoms with Gasteiger partial charge in [0.25, 0.3) is 11.5 Å². The standard InChI is InChI=1S/C24H21N3O6S.Na/c1-32-18-4-2-3-15(9-18)10-25-22(29)20-26-21(28)19-17(13-34-23(19)27-20)12-33-11-14-5-7-16(8-6-14)24(30)31;/h2-9,13H,10-12H2,1H3,(H,25,29)(H,30,31)(H,26,27,28);/q;+1/p-1. The number of hydrogen-bond acceptors (Lipinski definition) is 8. The number of fused-ring (bicyclic) bond motifs is 1. The summed E-state index contributed by atoms with van der Waals surface area (Å²) in [7, 11) is 1.57. The van der Waals surface area contributed by atoms with E-state index in [4.69, 9.17) is 9.47 Å². The quantitative estimate of drug-likeness (QED) is 0.281. The summed E-state index contributed by atoms with van der Waals surface area (Å²) < 4.78 is 10.9. The second-order valence-corrected chi connectivity index (χ2v) is 8.23. The molecule has 174 valence electrons. The van der Waals surface area contributed by atoms with E-state index in [1.807, 2.05) is 24.3 Å². The number of carbonyl (C=O) groups excluding carboxylic acids is 2. The molecular formula is C24H20N3NaO6S. The van der Waals surface area contributed by atoms with E-state index in [9.17, 15) is 19.5 Å². The predicted octanol–water partition coefficient (Wildman–Crippen LogP) is -0.992. The van der Waals surface area contributed by atoms with E-state index >= 15 is 0 Å². The molecular weight excluding hydrogens is 481 g/mol. The SMILES string of the molecule is COc1cccc(CNC(=O)c2nc3scc(COCc4ccc(C(=O)[O-])cc4)c3c(=O)[nH]2)c1.[Na+]. The van der Waals surface area contributed by atoms with E-state index in [1.165, 1.54) is 23.5 Å². The van der Waals surface area contributed by atoms with Crippen molar-refractivity contribution in [1.29, 1.82) is 0 Å². The molecule has 11 heteroatoms. The average Bonchev–Trinajstić information content (AvgIpc) is 3.26. The number of H-pyrrole nitrogens is 1. The van der Waals surface area contributed by atoms with Crippen LogP contribution in [-0.4, -0.2) is 29.0 Å². The van der Waals surface area contributed by atoms with Crippen molar-refractivity contribution in [3.8, 4) is 5.75 Å². The number of aromatic amines is 1. The van der Waals surface area contributed by atoms with Gasteiger partial charge in [-0.1, -0.05) is 36.4 Å². The maximum Gasteiger partial charge on any atom is 1.00 e. The first-order valence-corrected chi connectivity index (χ1v) is 11.1. The number of hydrogen-bond donors (Lipinski definition) is 2. The molecule has 0 aliphatic heterocycles. The molecule has 0 saturated heterocycles. The first kappa shape index (κ1) is 26.6. The maximum atomic E-state index is 12.7. The predicted molar refractivity (Wildman–Crippen MR) is 124 cm³/mol. The molecule has 9 nitrogen and oxygen atoms in total. The summed E-state index contributed by atoms with van der Waals surface area (Å²) in [6.45, 7) is 0.653. The number of aromatic nitrogens is 2. The molecule has 0 atom stereocenters. The molecule has 2 aromatic carbocycles. The van der Waals surface area contributed by atoms with Crippen LogP contribution in [0.4, 0.5) is 0 Å². The molecule has 2 aromatic heterocycles. The maximum absolute atomic E-state index is 12.7. The molecule has 2 heterocycles. The fraction of sp³-hybridized carbons (Fsp3) is 0.167. The first-order chi connectivity index (χ1) is 16.4. The van der Waals surface area contributed by atoms with Gasteiger partial charge in [-0.15, -0.1) is 11.3 Å². The molecule has 0 unspecified atom stereocenters. The number of methoxy groups -OCH3 is 1. The topological polar surface area (TPSA) is 133 Å². The minimum atomic E-state index is -1.24. The zero-order valence-corrected chi connectivity index (χ0v) is 21.9. The van der Waals surface area contributed by atoms with Gasteiger partial charge < -0.3 is 29.7 Å². The van der Waals surface area contributed by atoms with Crippen molar-refractivity contribution >= 4 is 33.4 Å². The molecule has 0 radical (unpaired) electrons. The van der Waals surface area contributed by atoms with Crippen molar-refractivity contribution < 1.29 is 53.7 Å². The second-order valence-electron chi connectivity index (χ2n) is 7.37. The Morgan fingerprint density at radius 3 is 2.60 bits per heavy atom. The second kappa shape index (κ2) is 12.1. The fourth-order valence-electron chi connectivity index (χ4n) is 3.28. The van der Waals surface area contributed by atoms with Gasteiger partial charge in [-0.05, 0) is 34.2 Å². The number of ether oxygens (including phenoxy) is 2. The molecule has 4 aromatic rings. The Hall–Kier alpha value is -3.02. The van der Waals surface area contributed by atoms with Crippen LogP contribution in [0.5, 0.6) is 5.75 Å². The van der Waals surface area contributed by atoms with E-state index in [-0.39, 0.29) is 60.7 Å². The minimum Gasteiger partial charge on any atom is -0.545 e. The van der Waals surface area contributed by atoms with Gasteiger partial charge >= 0.3 is 29.6 Å². The summed E-state index contributed by atoms with van der Waals surface area (Å²) >= 11 is 1.25. The van der Waals surface area contributed by atoms with Gasteiger partial charge in [0.1, 0.15) is 10.6 Å².